The highest BCUT2D eigenvalue weighted by Gasteiger charge is 2.18. The van der Waals surface area contributed by atoms with Crippen molar-refractivity contribution in [1.82, 2.24) is 0 Å². The molecule has 9 nitrogen and oxygen atoms in total. The van der Waals surface area contributed by atoms with E-state index in [0.717, 1.165) is 23.1 Å². The van der Waals surface area contributed by atoms with Crippen LogP contribution in [0.1, 0.15) is 20.7 Å². The van der Waals surface area contributed by atoms with E-state index in [1.807, 2.05) is 0 Å². The summed E-state index contributed by atoms with van der Waals surface area (Å²) in [7, 11) is 0. The summed E-state index contributed by atoms with van der Waals surface area (Å²) in [5.74, 6) is -5.50. The first-order valence-corrected chi connectivity index (χ1v) is 5.51. The van der Waals surface area contributed by atoms with Crippen LogP contribution >= 0.6 is 0 Å². The van der Waals surface area contributed by atoms with E-state index in [1.165, 1.54) is 0 Å². The average Bonchev–Trinajstić information content (AvgIpc) is 2.36. The van der Waals surface area contributed by atoms with Crippen molar-refractivity contribution in [3.05, 3.63) is 29.3 Å². The molecule has 9 heteroatoms. The molecule has 0 aliphatic heterocycles. The van der Waals surface area contributed by atoms with Gasteiger partial charge in [0, 0.05) is 5.69 Å². The first kappa shape index (κ1) is 16.0. The number of carbonyl (C=O) groups is 4. The molecule has 0 aliphatic rings. The van der Waals surface area contributed by atoms with Gasteiger partial charge in [-0.1, -0.05) is 0 Å². The third-order valence-corrected chi connectivity index (χ3v) is 2.43. The number of carboxylic acids is 4. The second-order valence-electron chi connectivity index (χ2n) is 4.02. The predicted molar refractivity (Wildman–Crippen MR) is 67.8 cm³/mol. The average molecular weight is 297 g/mol. The van der Waals surface area contributed by atoms with Gasteiger partial charge in [-0.25, -0.2) is 9.59 Å². The molecule has 1 aromatic rings. The van der Waals surface area contributed by atoms with Gasteiger partial charge in [-0.15, -0.1) is 0 Å². The van der Waals surface area contributed by atoms with E-state index in [1.54, 1.807) is 0 Å². The van der Waals surface area contributed by atoms with Crippen LogP contribution in [0, 0.1) is 0 Å². The van der Waals surface area contributed by atoms with Crippen LogP contribution in [0.4, 0.5) is 5.69 Å². The van der Waals surface area contributed by atoms with Crippen molar-refractivity contribution in [1.29, 1.82) is 0 Å². The number of aromatic carboxylic acids is 2. The van der Waals surface area contributed by atoms with Crippen molar-refractivity contribution in [3.63, 3.8) is 0 Å². The Morgan fingerprint density at radius 1 is 0.762 bits per heavy atom. The highest BCUT2D eigenvalue weighted by molar-refractivity contribution is 5.96. The molecule has 0 atom stereocenters. The summed E-state index contributed by atoms with van der Waals surface area (Å²) in [6.45, 7) is -1.43. The second kappa shape index (κ2) is 6.37. The molecule has 0 fully saturated rings. The van der Waals surface area contributed by atoms with Gasteiger partial charge >= 0.3 is 23.9 Å². The molecule has 1 rings (SSSR count). The van der Waals surface area contributed by atoms with Crippen LogP contribution in [-0.4, -0.2) is 57.4 Å². The molecule has 0 radical (unpaired) electrons. The molecule has 0 heterocycles. The summed E-state index contributed by atoms with van der Waals surface area (Å²) in [6, 6.07) is 2.93. The Hall–Kier alpha value is -3.10. The molecule has 0 unspecified atom stereocenters. The summed E-state index contributed by atoms with van der Waals surface area (Å²) < 4.78 is 0. The molecule has 0 bridgehead atoms. The van der Waals surface area contributed by atoms with Crippen LogP contribution in [0.5, 0.6) is 0 Å². The monoisotopic (exact) mass is 297 g/mol. The molecule has 1 aromatic carbocycles. The smallest absolute Gasteiger partial charge is 0.335 e. The van der Waals surface area contributed by atoms with E-state index in [9.17, 15) is 19.2 Å². The van der Waals surface area contributed by atoms with Crippen LogP contribution < -0.4 is 4.90 Å². The Balaban J connectivity index is 3.34. The van der Waals surface area contributed by atoms with Crippen molar-refractivity contribution in [3.8, 4) is 0 Å². The van der Waals surface area contributed by atoms with Gasteiger partial charge < -0.3 is 25.3 Å². The van der Waals surface area contributed by atoms with Crippen LogP contribution in [-0.2, 0) is 9.59 Å². The molecular weight excluding hydrogens is 286 g/mol. The topological polar surface area (TPSA) is 152 Å². The third kappa shape index (κ3) is 4.49. The van der Waals surface area contributed by atoms with Crippen molar-refractivity contribution in [2.45, 2.75) is 0 Å². The fourth-order valence-electron chi connectivity index (χ4n) is 1.61. The minimum Gasteiger partial charge on any atom is -0.480 e. The van der Waals surface area contributed by atoms with Crippen LogP contribution in [0.3, 0.4) is 0 Å². The number of rotatable bonds is 7. The van der Waals surface area contributed by atoms with Crippen LogP contribution in [0.25, 0.3) is 0 Å². The number of carboxylic acid groups (broad SMARTS) is 4. The SMILES string of the molecule is O=C(O)CN(CC(=O)O)c1cc(C(=O)O)cc(C(=O)O)c1. The van der Waals surface area contributed by atoms with Gasteiger partial charge in [-0.2, -0.15) is 0 Å². The highest BCUT2D eigenvalue weighted by atomic mass is 16.4. The third-order valence-electron chi connectivity index (χ3n) is 2.43. The van der Waals surface area contributed by atoms with Gasteiger partial charge in [0.1, 0.15) is 13.1 Å². The molecular formula is C12H11NO8. The van der Waals surface area contributed by atoms with Crippen molar-refractivity contribution in [2.75, 3.05) is 18.0 Å². The molecule has 0 aliphatic carbocycles. The molecule has 21 heavy (non-hydrogen) atoms. The van der Waals surface area contributed by atoms with E-state index in [-0.39, 0.29) is 16.8 Å². The Labute approximate surface area is 117 Å². The Morgan fingerprint density at radius 2 is 1.14 bits per heavy atom. The Kier molecular flexibility index (Phi) is 4.84. The maximum Gasteiger partial charge on any atom is 0.335 e. The van der Waals surface area contributed by atoms with Gasteiger partial charge in [-0.05, 0) is 18.2 Å². The second-order valence-corrected chi connectivity index (χ2v) is 4.02. The van der Waals surface area contributed by atoms with Crippen molar-refractivity contribution < 1.29 is 39.6 Å². The molecule has 0 saturated heterocycles. The number of hydrogen-bond acceptors (Lipinski definition) is 5. The number of aliphatic carboxylic acids is 2. The lowest BCUT2D eigenvalue weighted by Crippen LogP contribution is -2.34. The summed E-state index contributed by atoms with van der Waals surface area (Å²) in [5.41, 5.74) is -0.881. The number of anilines is 1. The molecule has 0 amide bonds. The minimum atomic E-state index is -1.41. The van der Waals surface area contributed by atoms with Gasteiger partial charge in [0.05, 0.1) is 11.1 Å². The number of benzene rings is 1. The van der Waals surface area contributed by atoms with E-state index in [2.05, 4.69) is 0 Å². The normalized spacial score (nSPS) is 9.90. The Morgan fingerprint density at radius 3 is 1.43 bits per heavy atom. The zero-order chi connectivity index (χ0) is 16.2. The summed E-state index contributed by atoms with van der Waals surface area (Å²) in [4.78, 5) is 44.2. The fraction of sp³-hybridized carbons (Fsp3) is 0.167. The highest BCUT2D eigenvalue weighted by Crippen LogP contribution is 2.20. The van der Waals surface area contributed by atoms with Crippen molar-refractivity contribution >= 4 is 29.6 Å². The lowest BCUT2D eigenvalue weighted by molar-refractivity contribution is -0.136. The molecule has 0 saturated carbocycles. The molecule has 112 valence electrons. The quantitative estimate of drug-likeness (QED) is 0.547. The van der Waals surface area contributed by atoms with Gasteiger partial charge in [-0.3, -0.25) is 9.59 Å². The zero-order valence-electron chi connectivity index (χ0n) is 10.5. The van der Waals surface area contributed by atoms with Gasteiger partial charge in [0.2, 0.25) is 0 Å². The van der Waals surface area contributed by atoms with Crippen LogP contribution in [0.2, 0.25) is 0 Å². The standard InChI is InChI=1S/C12H11NO8/c14-9(15)4-13(5-10(16)17)8-2-6(11(18)19)1-7(3-8)12(20)21/h1-3H,4-5H2,(H,14,15)(H,16,17)(H,18,19)(H,20,21). The number of nitrogens with zero attached hydrogens (tertiary/aromatic N) is 1. The predicted octanol–water partition coefficient (Wildman–Crippen LogP) is 0.0586. The van der Waals surface area contributed by atoms with E-state index >= 15 is 0 Å². The maximum atomic E-state index is 11.0. The molecule has 4 N–H and O–H groups in total. The van der Waals surface area contributed by atoms with E-state index < -0.39 is 37.0 Å². The number of hydrogen-bond donors (Lipinski definition) is 4. The van der Waals surface area contributed by atoms with Gasteiger partial charge in [0.15, 0.2) is 0 Å². The maximum absolute atomic E-state index is 11.0. The largest absolute Gasteiger partial charge is 0.480 e. The Bertz CT molecular complexity index is 561. The van der Waals surface area contributed by atoms with Crippen LogP contribution in [0.15, 0.2) is 18.2 Å². The fourth-order valence-corrected chi connectivity index (χ4v) is 1.61. The first-order chi connectivity index (χ1) is 9.70. The zero-order valence-corrected chi connectivity index (χ0v) is 10.5. The van der Waals surface area contributed by atoms with E-state index in [0.29, 0.717) is 0 Å². The minimum absolute atomic E-state index is 0.114. The summed E-state index contributed by atoms with van der Waals surface area (Å²) in [5, 5.41) is 35.3. The lowest BCUT2D eigenvalue weighted by Gasteiger charge is -2.21. The summed E-state index contributed by atoms with van der Waals surface area (Å²) >= 11 is 0. The van der Waals surface area contributed by atoms with E-state index in [4.69, 9.17) is 20.4 Å². The van der Waals surface area contributed by atoms with Crippen molar-refractivity contribution in [2.24, 2.45) is 0 Å². The molecule has 0 spiro atoms. The first-order valence-electron chi connectivity index (χ1n) is 5.51. The summed E-state index contributed by atoms with van der Waals surface area (Å²) in [6.07, 6.45) is 0. The van der Waals surface area contributed by atoms with Gasteiger partial charge in [0.25, 0.3) is 0 Å². The lowest BCUT2D eigenvalue weighted by atomic mass is 10.1. The molecule has 0 aromatic heterocycles.